The molecule has 0 saturated carbocycles. The van der Waals surface area contributed by atoms with Crippen molar-refractivity contribution >= 4 is 46.3 Å². The monoisotopic (exact) mass is 558 g/mol. The van der Waals surface area contributed by atoms with Crippen LogP contribution in [-0.2, 0) is 27.2 Å². The second kappa shape index (κ2) is 13.8. The fourth-order valence-electron chi connectivity index (χ4n) is 4.07. The summed E-state index contributed by atoms with van der Waals surface area (Å²) in [5, 5.41) is 0.587. The third-order valence-electron chi connectivity index (χ3n) is 6.19. The number of nitrogens with zero attached hydrogens (tertiary/aromatic N) is 2. The van der Waals surface area contributed by atoms with Gasteiger partial charge in [-0.15, -0.1) is 0 Å². The summed E-state index contributed by atoms with van der Waals surface area (Å²) >= 11 is 1.33. The first-order valence-corrected chi connectivity index (χ1v) is 14.3. The van der Waals surface area contributed by atoms with E-state index >= 15 is 0 Å². The lowest BCUT2D eigenvalue weighted by Crippen LogP contribution is -2.28. The molecule has 208 valence electrons. The van der Waals surface area contributed by atoms with Crippen molar-refractivity contribution in [2.75, 3.05) is 24.7 Å². The summed E-state index contributed by atoms with van der Waals surface area (Å²) in [6, 6.07) is 21.4. The highest BCUT2D eigenvalue weighted by atomic mass is 32.2. The highest BCUT2D eigenvalue weighted by Crippen LogP contribution is 2.38. The predicted molar refractivity (Wildman–Crippen MR) is 162 cm³/mol. The number of anilines is 1. The van der Waals surface area contributed by atoms with Gasteiger partial charge in [0.15, 0.2) is 23.3 Å². The van der Waals surface area contributed by atoms with Crippen LogP contribution in [0, 0.1) is 0 Å². The second-order valence-corrected chi connectivity index (χ2v) is 9.93. The van der Waals surface area contributed by atoms with Crippen molar-refractivity contribution in [3.63, 3.8) is 0 Å². The van der Waals surface area contributed by atoms with Gasteiger partial charge >= 0.3 is 5.97 Å². The smallest absolute Gasteiger partial charge is 0.344 e. The molecule has 1 amide bonds. The van der Waals surface area contributed by atoms with Crippen molar-refractivity contribution in [3.8, 4) is 11.5 Å². The average Bonchev–Trinajstić information content (AvgIpc) is 3.27. The summed E-state index contributed by atoms with van der Waals surface area (Å²) in [7, 11) is 0. The van der Waals surface area contributed by atoms with E-state index in [1.807, 2.05) is 55.5 Å². The Kier molecular flexibility index (Phi) is 10.0. The molecule has 1 fully saturated rings. The third kappa shape index (κ3) is 7.12. The first kappa shape index (κ1) is 29.0. The first-order chi connectivity index (χ1) is 19.4. The molecule has 40 heavy (non-hydrogen) atoms. The summed E-state index contributed by atoms with van der Waals surface area (Å²) in [5.41, 5.74) is 4.73. The molecule has 3 aromatic carbocycles. The van der Waals surface area contributed by atoms with Gasteiger partial charge in [-0.25, -0.2) is 9.79 Å². The van der Waals surface area contributed by atoms with Crippen LogP contribution in [0.3, 0.4) is 0 Å². The molecule has 0 aliphatic carbocycles. The van der Waals surface area contributed by atoms with E-state index in [-0.39, 0.29) is 19.1 Å². The largest absolute Gasteiger partial charge is 0.490 e. The van der Waals surface area contributed by atoms with Crippen LogP contribution in [0.5, 0.6) is 11.5 Å². The van der Waals surface area contributed by atoms with E-state index in [4.69, 9.17) is 19.2 Å². The first-order valence-electron chi connectivity index (χ1n) is 13.5. The normalized spacial score (nSPS) is 15.1. The highest BCUT2D eigenvalue weighted by molar-refractivity contribution is 8.19. The maximum atomic E-state index is 13.7. The van der Waals surface area contributed by atoms with Crippen molar-refractivity contribution < 1.29 is 23.8 Å². The minimum Gasteiger partial charge on any atom is -0.490 e. The Bertz CT molecular complexity index is 1400. The Labute approximate surface area is 239 Å². The molecule has 7 nitrogen and oxygen atoms in total. The number of hydrogen-bond donors (Lipinski definition) is 0. The zero-order valence-electron chi connectivity index (χ0n) is 23.3. The van der Waals surface area contributed by atoms with Crippen molar-refractivity contribution in [1.82, 2.24) is 0 Å². The lowest BCUT2D eigenvalue weighted by Gasteiger charge is -2.16. The molecular formula is C32H34N2O5S. The Morgan fingerprint density at radius 3 is 2.15 bits per heavy atom. The molecule has 8 heteroatoms. The lowest BCUT2D eigenvalue weighted by atomic mass is 10.1. The minimum atomic E-state index is -0.452. The number of esters is 1. The molecule has 0 aromatic heterocycles. The van der Waals surface area contributed by atoms with E-state index in [9.17, 15) is 9.59 Å². The van der Waals surface area contributed by atoms with Crippen molar-refractivity contribution in [3.05, 3.63) is 88.3 Å². The number of benzene rings is 3. The number of amides is 1. The van der Waals surface area contributed by atoms with Gasteiger partial charge in [-0.05, 0) is 97.6 Å². The molecule has 0 radical (unpaired) electrons. The molecule has 0 atom stereocenters. The lowest BCUT2D eigenvalue weighted by molar-refractivity contribution is -0.145. The van der Waals surface area contributed by atoms with Crippen LogP contribution in [0.1, 0.15) is 44.4 Å². The summed E-state index contributed by atoms with van der Waals surface area (Å²) in [5.74, 6) is 0.303. The standard InChI is InChI=1S/C32H34N2O5S/c1-5-22-9-14-25(15-10-22)33-32-34(26-16-11-23(6-2)12-17-26)31(36)29(40-32)20-24-13-18-27(28(19-24)37-7-3)39-21-30(35)38-8-4/h9-20H,5-8,21H2,1-4H3/b29-20-,33-32?. The van der Waals surface area contributed by atoms with E-state index < -0.39 is 5.97 Å². The number of aryl methyl sites for hydroxylation is 2. The van der Waals surface area contributed by atoms with Gasteiger partial charge in [0.05, 0.1) is 29.5 Å². The predicted octanol–water partition coefficient (Wildman–Crippen LogP) is 6.96. The van der Waals surface area contributed by atoms with Gasteiger partial charge in [0.25, 0.3) is 5.91 Å². The van der Waals surface area contributed by atoms with Crippen LogP contribution >= 0.6 is 11.8 Å². The van der Waals surface area contributed by atoms with Crippen molar-refractivity contribution in [1.29, 1.82) is 0 Å². The average molecular weight is 559 g/mol. The van der Waals surface area contributed by atoms with Gasteiger partial charge < -0.3 is 14.2 Å². The number of amidine groups is 1. The Balaban J connectivity index is 1.67. The molecule has 1 aliphatic heterocycles. The van der Waals surface area contributed by atoms with Crippen molar-refractivity contribution in [2.45, 2.75) is 40.5 Å². The molecule has 4 rings (SSSR count). The van der Waals surface area contributed by atoms with Crippen LogP contribution in [-0.4, -0.2) is 36.9 Å². The van der Waals surface area contributed by atoms with E-state index in [1.54, 1.807) is 24.0 Å². The fraction of sp³-hybridized carbons (Fsp3) is 0.281. The summed E-state index contributed by atoms with van der Waals surface area (Å²) in [4.78, 5) is 32.5. The van der Waals surface area contributed by atoms with E-state index in [0.29, 0.717) is 28.2 Å². The van der Waals surface area contributed by atoms with Gasteiger partial charge in [0.2, 0.25) is 0 Å². The number of ether oxygens (including phenoxy) is 3. The number of aliphatic imine (C=N–C) groups is 1. The second-order valence-electron chi connectivity index (χ2n) is 8.92. The van der Waals surface area contributed by atoms with Gasteiger partial charge in [0.1, 0.15) is 0 Å². The maximum absolute atomic E-state index is 13.7. The number of carbonyl (C=O) groups excluding carboxylic acids is 2. The zero-order chi connectivity index (χ0) is 28.5. The van der Waals surface area contributed by atoms with Crippen LogP contribution < -0.4 is 14.4 Å². The van der Waals surface area contributed by atoms with Gasteiger partial charge in [-0.3, -0.25) is 9.69 Å². The molecule has 0 unspecified atom stereocenters. The SMILES string of the molecule is CCOC(=O)COc1ccc(/C=C2\SC(=Nc3ccc(CC)cc3)N(c3ccc(CC)cc3)C2=O)cc1OCC. The minimum absolute atomic E-state index is 0.154. The summed E-state index contributed by atoms with van der Waals surface area (Å²) < 4.78 is 16.3. The van der Waals surface area contributed by atoms with Crippen LogP contribution in [0.2, 0.25) is 0 Å². The van der Waals surface area contributed by atoms with Crippen LogP contribution in [0.25, 0.3) is 6.08 Å². The van der Waals surface area contributed by atoms with E-state index in [2.05, 4.69) is 26.0 Å². The number of rotatable bonds is 11. The van der Waals surface area contributed by atoms with Gasteiger partial charge in [-0.1, -0.05) is 44.2 Å². The third-order valence-corrected chi connectivity index (χ3v) is 7.16. The topological polar surface area (TPSA) is 77.4 Å². The maximum Gasteiger partial charge on any atom is 0.344 e. The van der Waals surface area contributed by atoms with Crippen molar-refractivity contribution in [2.24, 2.45) is 4.99 Å². The molecule has 1 saturated heterocycles. The number of hydrogen-bond acceptors (Lipinski definition) is 7. The molecule has 0 N–H and O–H groups in total. The molecular weight excluding hydrogens is 524 g/mol. The fourth-order valence-corrected chi connectivity index (χ4v) is 5.07. The van der Waals surface area contributed by atoms with Crippen LogP contribution in [0.15, 0.2) is 76.6 Å². The summed E-state index contributed by atoms with van der Waals surface area (Å²) in [6.07, 6.45) is 3.69. The quantitative estimate of drug-likeness (QED) is 0.187. The number of carbonyl (C=O) groups is 2. The van der Waals surface area contributed by atoms with E-state index in [0.717, 1.165) is 29.8 Å². The number of thioether (sulfide) groups is 1. The molecule has 0 bridgehead atoms. The Morgan fingerprint density at radius 1 is 0.850 bits per heavy atom. The zero-order valence-corrected chi connectivity index (χ0v) is 24.1. The molecule has 3 aromatic rings. The highest BCUT2D eigenvalue weighted by Gasteiger charge is 2.34. The Hall–Kier alpha value is -4.04. The van der Waals surface area contributed by atoms with Gasteiger partial charge in [0, 0.05) is 0 Å². The Morgan fingerprint density at radius 2 is 1.52 bits per heavy atom. The molecule has 0 spiro atoms. The summed E-state index contributed by atoms with van der Waals surface area (Å²) in [6.45, 7) is 8.31. The molecule has 1 aliphatic rings. The van der Waals surface area contributed by atoms with Gasteiger partial charge in [-0.2, -0.15) is 0 Å². The van der Waals surface area contributed by atoms with Crippen LogP contribution in [0.4, 0.5) is 11.4 Å². The van der Waals surface area contributed by atoms with E-state index in [1.165, 1.54) is 22.9 Å². The molecule has 1 heterocycles.